The van der Waals surface area contributed by atoms with E-state index >= 15 is 0 Å². The lowest BCUT2D eigenvalue weighted by molar-refractivity contribution is -0.144. The molecule has 19 heavy (non-hydrogen) atoms. The molecule has 0 aromatic heterocycles. The minimum Gasteiger partial charge on any atom is -0.480 e. The fraction of sp³-hybridized carbons (Fsp3) is 0.929. The zero-order valence-corrected chi connectivity index (χ0v) is 12.8. The van der Waals surface area contributed by atoms with E-state index in [1.807, 2.05) is 14.0 Å². The number of carboxylic acids is 1. The van der Waals surface area contributed by atoms with Gasteiger partial charge >= 0.3 is 5.97 Å². The molecule has 1 saturated heterocycles. The number of rotatable bonds is 8. The van der Waals surface area contributed by atoms with Crippen molar-refractivity contribution in [2.24, 2.45) is 0 Å². The van der Waals surface area contributed by atoms with Crippen LogP contribution in [-0.2, 0) is 4.79 Å². The van der Waals surface area contributed by atoms with Crippen LogP contribution < -0.4 is 5.32 Å². The molecule has 0 amide bonds. The van der Waals surface area contributed by atoms with E-state index in [2.05, 4.69) is 22.0 Å². The molecule has 0 aromatic carbocycles. The summed E-state index contributed by atoms with van der Waals surface area (Å²) in [5, 5.41) is 12.5. The first-order valence-electron chi connectivity index (χ1n) is 7.34. The summed E-state index contributed by atoms with van der Waals surface area (Å²) in [6.07, 6.45) is 2.49. The highest BCUT2D eigenvalue weighted by Gasteiger charge is 2.34. The van der Waals surface area contributed by atoms with Crippen LogP contribution in [0.4, 0.5) is 0 Å². The standard InChI is InChI=1S/C14H29N3O2/c1-5-15-14(3,13(18)19)11-16(4)10-12-8-7-9-17(12)6-2/h12,15H,5-11H2,1-4H3,(H,18,19). The minimum absolute atomic E-state index is 0.532. The number of likely N-dealkylation sites (N-methyl/N-ethyl adjacent to an activating group) is 3. The Morgan fingerprint density at radius 1 is 1.53 bits per heavy atom. The maximum Gasteiger partial charge on any atom is 0.324 e. The molecule has 112 valence electrons. The summed E-state index contributed by atoms with van der Waals surface area (Å²) in [5.74, 6) is -0.778. The molecule has 2 N–H and O–H groups in total. The monoisotopic (exact) mass is 271 g/mol. The number of aliphatic carboxylic acids is 1. The van der Waals surface area contributed by atoms with E-state index in [1.54, 1.807) is 6.92 Å². The second-order valence-corrected chi connectivity index (χ2v) is 5.79. The van der Waals surface area contributed by atoms with Gasteiger partial charge in [-0.2, -0.15) is 0 Å². The van der Waals surface area contributed by atoms with E-state index in [9.17, 15) is 9.90 Å². The molecule has 0 spiro atoms. The third kappa shape index (κ3) is 4.44. The van der Waals surface area contributed by atoms with E-state index < -0.39 is 11.5 Å². The normalized spacial score (nSPS) is 23.7. The maximum atomic E-state index is 11.4. The summed E-state index contributed by atoms with van der Waals surface area (Å²) in [6.45, 7) is 10.3. The molecule has 1 heterocycles. The molecule has 0 saturated carbocycles. The Balaban J connectivity index is 2.53. The van der Waals surface area contributed by atoms with Gasteiger partial charge in [-0.3, -0.25) is 9.69 Å². The maximum absolute atomic E-state index is 11.4. The van der Waals surface area contributed by atoms with Crippen LogP contribution in [0.3, 0.4) is 0 Å². The molecule has 0 aliphatic carbocycles. The van der Waals surface area contributed by atoms with Crippen molar-refractivity contribution in [3.05, 3.63) is 0 Å². The number of nitrogens with one attached hydrogen (secondary N) is 1. The van der Waals surface area contributed by atoms with Gasteiger partial charge in [-0.25, -0.2) is 0 Å². The highest BCUT2D eigenvalue weighted by molar-refractivity contribution is 5.78. The summed E-state index contributed by atoms with van der Waals surface area (Å²) >= 11 is 0. The highest BCUT2D eigenvalue weighted by atomic mass is 16.4. The zero-order chi connectivity index (χ0) is 14.5. The first-order chi connectivity index (χ1) is 8.92. The third-order valence-electron chi connectivity index (χ3n) is 4.05. The summed E-state index contributed by atoms with van der Waals surface area (Å²) < 4.78 is 0. The number of carboxylic acid groups (broad SMARTS) is 1. The Bertz CT molecular complexity index is 298. The molecule has 1 rings (SSSR count). The molecule has 2 unspecified atom stereocenters. The average Bonchev–Trinajstić information content (AvgIpc) is 2.75. The Hall–Kier alpha value is -0.650. The zero-order valence-electron chi connectivity index (χ0n) is 12.8. The summed E-state index contributed by atoms with van der Waals surface area (Å²) in [7, 11) is 2.02. The molecular formula is C14H29N3O2. The smallest absolute Gasteiger partial charge is 0.324 e. The molecule has 2 atom stereocenters. The molecule has 0 aromatic rings. The van der Waals surface area contributed by atoms with E-state index in [1.165, 1.54) is 19.4 Å². The van der Waals surface area contributed by atoms with Gasteiger partial charge in [0.25, 0.3) is 0 Å². The quantitative estimate of drug-likeness (QED) is 0.685. The van der Waals surface area contributed by atoms with Gasteiger partial charge in [0.1, 0.15) is 5.54 Å². The first-order valence-corrected chi connectivity index (χ1v) is 7.34. The van der Waals surface area contributed by atoms with Gasteiger partial charge in [0.15, 0.2) is 0 Å². The van der Waals surface area contributed by atoms with Crippen molar-refractivity contribution in [3.8, 4) is 0 Å². The predicted molar refractivity (Wildman–Crippen MR) is 77.5 cm³/mol. The minimum atomic E-state index is -0.862. The highest BCUT2D eigenvalue weighted by Crippen LogP contribution is 2.18. The van der Waals surface area contributed by atoms with Crippen molar-refractivity contribution in [2.75, 3.05) is 39.8 Å². The van der Waals surface area contributed by atoms with Gasteiger partial charge in [-0.15, -0.1) is 0 Å². The van der Waals surface area contributed by atoms with E-state index in [0.29, 0.717) is 19.1 Å². The van der Waals surface area contributed by atoms with Crippen molar-refractivity contribution < 1.29 is 9.90 Å². The number of carbonyl (C=O) groups is 1. The molecular weight excluding hydrogens is 242 g/mol. The van der Waals surface area contributed by atoms with Crippen LogP contribution in [0, 0.1) is 0 Å². The molecule has 1 aliphatic rings. The Kier molecular flexibility index (Phi) is 6.23. The molecule has 0 bridgehead atoms. The number of likely N-dealkylation sites (tertiary alicyclic amines) is 1. The summed E-state index contributed by atoms with van der Waals surface area (Å²) in [5.41, 5.74) is -0.862. The first kappa shape index (κ1) is 16.4. The molecule has 0 radical (unpaired) electrons. The van der Waals surface area contributed by atoms with Crippen LogP contribution >= 0.6 is 0 Å². The van der Waals surface area contributed by atoms with Crippen LogP contribution in [0.25, 0.3) is 0 Å². The summed E-state index contributed by atoms with van der Waals surface area (Å²) in [4.78, 5) is 16.0. The van der Waals surface area contributed by atoms with Gasteiger partial charge < -0.3 is 15.3 Å². The van der Waals surface area contributed by atoms with Crippen LogP contribution in [-0.4, -0.2) is 72.2 Å². The molecule has 1 fully saturated rings. The van der Waals surface area contributed by atoms with E-state index in [-0.39, 0.29) is 0 Å². The predicted octanol–water partition coefficient (Wildman–Crippen LogP) is 0.855. The lowest BCUT2D eigenvalue weighted by Gasteiger charge is -2.33. The van der Waals surface area contributed by atoms with E-state index in [4.69, 9.17) is 0 Å². The number of nitrogens with zero attached hydrogens (tertiary/aromatic N) is 2. The lowest BCUT2D eigenvalue weighted by Crippen LogP contribution is -2.57. The van der Waals surface area contributed by atoms with Gasteiger partial charge in [0.2, 0.25) is 0 Å². The second kappa shape index (κ2) is 7.22. The van der Waals surface area contributed by atoms with Gasteiger partial charge in [0, 0.05) is 19.1 Å². The Morgan fingerprint density at radius 2 is 2.21 bits per heavy atom. The largest absolute Gasteiger partial charge is 0.480 e. The SMILES string of the molecule is CCNC(C)(CN(C)CC1CCCN1CC)C(=O)O. The van der Waals surface area contributed by atoms with Crippen LogP contribution in [0.15, 0.2) is 0 Å². The van der Waals surface area contributed by atoms with Crippen molar-refractivity contribution in [2.45, 2.75) is 45.2 Å². The molecule has 5 nitrogen and oxygen atoms in total. The third-order valence-corrected chi connectivity index (χ3v) is 4.05. The lowest BCUT2D eigenvalue weighted by atomic mass is 10.0. The van der Waals surface area contributed by atoms with Gasteiger partial charge in [-0.1, -0.05) is 13.8 Å². The summed E-state index contributed by atoms with van der Waals surface area (Å²) in [6, 6.07) is 0.578. The average molecular weight is 271 g/mol. The van der Waals surface area contributed by atoms with Crippen LogP contribution in [0.2, 0.25) is 0 Å². The fourth-order valence-corrected chi connectivity index (χ4v) is 3.07. The topological polar surface area (TPSA) is 55.8 Å². The van der Waals surface area contributed by atoms with Crippen molar-refractivity contribution >= 4 is 5.97 Å². The van der Waals surface area contributed by atoms with Crippen molar-refractivity contribution in [1.29, 1.82) is 0 Å². The second-order valence-electron chi connectivity index (χ2n) is 5.79. The fourth-order valence-electron chi connectivity index (χ4n) is 3.07. The Labute approximate surface area is 117 Å². The van der Waals surface area contributed by atoms with Crippen LogP contribution in [0.5, 0.6) is 0 Å². The number of hydrogen-bond donors (Lipinski definition) is 2. The number of hydrogen-bond acceptors (Lipinski definition) is 4. The van der Waals surface area contributed by atoms with Crippen molar-refractivity contribution in [1.82, 2.24) is 15.1 Å². The van der Waals surface area contributed by atoms with Crippen molar-refractivity contribution in [3.63, 3.8) is 0 Å². The van der Waals surface area contributed by atoms with Crippen LogP contribution in [0.1, 0.15) is 33.6 Å². The Morgan fingerprint density at radius 3 is 2.74 bits per heavy atom. The molecule has 1 aliphatic heterocycles. The van der Waals surface area contributed by atoms with Gasteiger partial charge in [-0.05, 0) is 46.4 Å². The van der Waals surface area contributed by atoms with E-state index in [0.717, 1.165) is 13.1 Å². The molecule has 5 heteroatoms. The van der Waals surface area contributed by atoms with Gasteiger partial charge in [0.05, 0.1) is 0 Å².